The molecule has 0 unspecified atom stereocenters. The molecule has 1 aromatic carbocycles. The summed E-state index contributed by atoms with van der Waals surface area (Å²) in [4.78, 5) is 14.7. The minimum Gasteiger partial charge on any atom is -0.378 e. The van der Waals surface area contributed by atoms with Gasteiger partial charge in [-0.25, -0.2) is 9.50 Å². The fourth-order valence-electron chi connectivity index (χ4n) is 3.37. The van der Waals surface area contributed by atoms with Crippen molar-refractivity contribution >= 4 is 29.1 Å². The Morgan fingerprint density at radius 1 is 1.16 bits per heavy atom. The molecule has 0 aliphatic carbocycles. The Bertz CT molecular complexity index is 1070. The van der Waals surface area contributed by atoms with Crippen molar-refractivity contribution in [3.63, 3.8) is 0 Å². The van der Waals surface area contributed by atoms with E-state index in [1.807, 2.05) is 54.4 Å². The van der Waals surface area contributed by atoms with Crippen LogP contribution in [0.4, 0.5) is 5.69 Å². The number of anilines is 1. The molecule has 0 bridgehead atoms. The quantitative estimate of drug-likeness (QED) is 0.332. The highest BCUT2D eigenvalue weighted by Gasteiger charge is 2.14. The number of rotatable bonds is 7. The Labute approximate surface area is 194 Å². The van der Waals surface area contributed by atoms with Gasteiger partial charge in [-0.2, -0.15) is 5.10 Å². The second kappa shape index (κ2) is 13.3. The maximum absolute atomic E-state index is 8.58. The van der Waals surface area contributed by atoms with Crippen molar-refractivity contribution in [1.82, 2.24) is 14.6 Å². The van der Waals surface area contributed by atoms with Crippen molar-refractivity contribution in [1.29, 1.82) is 0 Å². The van der Waals surface area contributed by atoms with Crippen LogP contribution in [0, 0.1) is 0 Å². The summed E-state index contributed by atoms with van der Waals surface area (Å²) in [6, 6.07) is 12.7. The molecule has 4 rings (SSSR count). The number of aromatic nitrogens is 3. The second-order valence-corrected chi connectivity index (χ2v) is 7.84. The molecular formula is C25H33N5OS. The van der Waals surface area contributed by atoms with Gasteiger partial charge in [0.1, 0.15) is 0 Å². The molecule has 3 aromatic heterocycles. The van der Waals surface area contributed by atoms with Gasteiger partial charge in [-0.05, 0) is 41.3 Å². The summed E-state index contributed by atoms with van der Waals surface area (Å²) in [6.07, 6.45) is 8.42. The zero-order valence-corrected chi connectivity index (χ0v) is 20.1. The third kappa shape index (κ3) is 6.40. The third-order valence-corrected chi connectivity index (χ3v) is 6.11. The van der Waals surface area contributed by atoms with Gasteiger partial charge in [0.2, 0.25) is 6.41 Å². The van der Waals surface area contributed by atoms with Gasteiger partial charge >= 0.3 is 0 Å². The van der Waals surface area contributed by atoms with Crippen LogP contribution in [0.2, 0.25) is 0 Å². The summed E-state index contributed by atoms with van der Waals surface area (Å²) < 4.78 is 1.86. The van der Waals surface area contributed by atoms with Gasteiger partial charge in [0.25, 0.3) is 0 Å². The first-order valence-corrected chi connectivity index (χ1v) is 11.9. The summed E-state index contributed by atoms with van der Waals surface area (Å²) in [7, 11) is 0. The zero-order chi connectivity index (χ0) is 23.3. The average Bonchev–Trinajstić information content (AvgIpc) is 3.48. The largest absolute Gasteiger partial charge is 0.378 e. The minimum atomic E-state index is 0.250. The average molecular weight is 452 g/mol. The van der Waals surface area contributed by atoms with Crippen LogP contribution < -0.4 is 11.1 Å². The molecule has 0 saturated heterocycles. The standard InChI is InChI=1S/C22H24N4S.C2H6.CH3NO/c1-3-17(4-2)21-10-18(15-27-21)20-13-25-26-14-19(12-24-22(20)26)23-11-16-8-6-5-7-9-16;1-2;2-1-3/h5-10,12-15,17,23H,3-4,11H2,1-2H3;1-2H3;1H,(H2,2,3). The molecule has 0 spiro atoms. The Kier molecular flexibility index (Phi) is 10.4. The number of carbonyl (C=O) groups is 1. The molecule has 4 aromatic rings. The summed E-state index contributed by atoms with van der Waals surface area (Å²) in [5.41, 5.74) is 9.58. The van der Waals surface area contributed by atoms with Crippen LogP contribution in [0.1, 0.15) is 56.9 Å². The number of hydrogen-bond acceptors (Lipinski definition) is 5. The molecule has 0 aliphatic rings. The molecule has 1 amide bonds. The second-order valence-electron chi connectivity index (χ2n) is 6.90. The zero-order valence-electron chi connectivity index (χ0n) is 19.3. The van der Waals surface area contributed by atoms with Gasteiger partial charge in [-0.1, -0.05) is 58.0 Å². The molecule has 0 atom stereocenters. The van der Waals surface area contributed by atoms with E-state index < -0.39 is 0 Å². The Morgan fingerprint density at radius 3 is 2.50 bits per heavy atom. The van der Waals surface area contributed by atoms with Gasteiger partial charge in [-0.3, -0.25) is 4.79 Å². The molecule has 3 heterocycles. The van der Waals surface area contributed by atoms with Crippen LogP contribution in [0.25, 0.3) is 16.8 Å². The predicted octanol–water partition coefficient (Wildman–Crippen LogP) is 6.10. The topological polar surface area (TPSA) is 85.3 Å². The molecule has 7 heteroatoms. The van der Waals surface area contributed by atoms with Crippen molar-refractivity contribution in [2.24, 2.45) is 5.73 Å². The molecule has 0 radical (unpaired) electrons. The van der Waals surface area contributed by atoms with E-state index in [2.05, 4.69) is 70.7 Å². The van der Waals surface area contributed by atoms with Crippen LogP contribution in [0.5, 0.6) is 0 Å². The molecule has 0 saturated carbocycles. The highest BCUT2D eigenvalue weighted by Crippen LogP contribution is 2.34. The van der Waals surface area contributed by atoms with E-state index in [0.29, 0.717) is 5.92 Å². The number of nitrogens with one attached hydrogen (secondary N) is 1. The molecule has 0 aliphatic heterocycles. The SMILES string of the molecule is CC.CCC(CC)c1cc(-c2cnn3cc(NCc4ccccc4)cnc23)cs1.NC=O. The number of primary amides is 1. The number of thiophene rings is 1. The van der Waals surface area contributed by atoms with Crippen molar-refractivity contribution in [3.05, 3.63) is 70.8 Å². The number of benzene rings is 1. The third-order valence-electron chi connectivity index (χ3n) is 5.01. The Hall–Kier alpha value is -3.19. The summed E-state index contributed by atoms with van der Waals surface area (Å²) in [5, 5.41) is 10.2. The van der Waals surface area contributed by atoms with Crippen molar-refractivity contribution in [2.45, 2.75) is 53.0 Å². The van der Waals surface area contributed by atoms with E-state index in [-0.39, 0.29) is 6.41 Å². The fourth-order valence-corrected chi connectivity index (χ4v) is 4.55. The smallest absolute Gasteiger partial charge is 0.204 e. The normalized spacial score (nSPS) is 10.2. The van der Waals surface area contributed by atoms with E-state index in [9.17, 15) is 0 Å². The predicted molar refractivity (Wildman–Crippen MR) is 135 cm³/mol. The number of nitrogens with zero attached hydrogens (tertiary/aromatic N) is 3. The lowest BCUT2D eigenvalue weighted by atomic mass is 10.0. The minimum absolute atomic E-state index is 0.250. The van der Waals surface area contributed by atoms with Crippen molar-refractivity contribution in [2.75, 3.05) is 5.32 Å². The summed E-state index contributed by atoms with van der Waals surface area (Å²) >= 11 is 1.85. The summed E-state index contributed by atoms with van der Waals surface area (Å²) in [5.74, 6) is 0.646. The Balaban J connectivity index is 0.000000671. The Morgan fingerprint density at radius 2 is 1.84 bits per heavy atom. The summed E-state index contributed by atoms with van der Waals surface area (Å²) in [6.45, 7) is 9.29. The first-order chi connectivity index (χ1) is 15.7. The number of nitrogens with two attached hydrogens (primary N) is 1. The van der Waals surface area contributed by atoms with E-state index in [1.54, 1.807) is 0 Å². The van der Waals surface area contributed by atoms with Gasteiger partial charge < -0.3 is 11.1 Å². The first kappa shape index (κ1) is 25.1. The number of amides is 1. The molecular weight excluding hydrogens is 418 g/mol. The van der Waals surface area contributed by atoms with E-state index in [0.717, 1.165) is 23.4 Å². The molecule has 3 N–H and O–H groups in total. The maximum atomic E-state index is 8.58. The van der Waals surface area contributed by atoms with Crippen LogP contribution in [-0.2, 0) is 11.3 Å². The van der Waals surface area contributed by atoms with Crippen LogP contribution >= 0.6 is 11.3 Å². The lowest BCUT2D eigenvalue weighted by Gasteiger charge is -2.08. The van der Waals surface area contributed by atoms with Gasteiger partial charge in [0.15, 0.2) is 5.65 Å². The van der Waals surface area contributed by atoms with Gasteiger partial charge in [-0.15, -0.1) is 11.3 Å². The molecule has 32 heavy (non-hydrogen) atoms. The maximum Gasteiger partial charge on any atom is 0.204 e. The monoisotopic (exact) mass is 451 g/mol. The molecule has 6 nitrogen and oxygen atoms in total. The number of hydrogen-bond donors (Lipinski definition) is 2. The fraction of sp³-hybridized carbons (Fsp3) is 0.320. The van der Waals surface area contributed by atoms with Crippen molar-refractivity contribution < 1.29 is 4.79 Å². The highest BCUT2D eigenvalue weighted by molar-refractivity contribution is 7.10. The molecule has 170 valence electrons. The lowest BCUT2D eigenvalue weighted by molar-refractivity contribution is -0.106. The van der Waals surface area contributed by atoms with Crippen LogP contribution in [0.3, 0.4) is 0 Å². The van der Waals surface area contributed by atoms with Gasteiger partial charge in [0.05, 0.1) is 24.3 Å². The van der Waals surface area contributed by atoms with Gasteiger partial charge in [0, 0.05) is 17.0 Å². The number of fused-ring (bicyclic) bond motifs is 1. The number of carbonyl (C=O) groups excluding carboxylic acids is 1. The molecule has 0 fully saturated rings. The van der Waals surface area contributed by atoms with E-state index in [4.69, 9.17) is 4.79 Å². The van der Waals surface area contributed by atoms with Crippen molar-refractivity contribution in [3.8, 4) is 11.1 Å². The van der Waals surface area contributed by atoms with E-state index in [1.165, 1.54) is 28.8 Å². The first-order valence-electron chi connectivity index (χ1n) is 11.0. The lowest BCUT2D eigenvalue weighted by Crippen LogP contribution is -2.01. The van der Waals surface area contributed by atoms with E-state index >= 15 is 0 Å². The van der Waals surface area contributed by atoms with Crippen LogP contribution in [0.15, 0.2) is 60.4 Å². The van der Waals surface area contributed by atoms with Crippen LogP contribution in [-0.4, -0.2) is 21.0 Å². The highest BCUT2D eigenvalue weighted by atomic mass is 32.1.